The summed E-state index contributed by atoms with van der Waals surface area (Å²) in [5.41, 5.74) is 6.57. The van der Waals surface area contributed by atoms with Crippen molar-refractivity contribution in [3.05, 3.63) is 87.9 Å². The number of nitrogens with one attached hydrogen (secondary N) is 2. The Labute approximate surface area is 194 Å². The number of hydrogen-bond acceptors (Lipinski definition) is 5. The van der Waals surface area contributed by atoms with Gasteiger partial charge in [-0.15, -0.1) is 0 Å². The summed E-state index contributed by atoms with van der Waals surface area (Å²) in [5.74, 6) is 0.324. The smallest absolute Gasteiger partial charge is 0.273 e. The molecule has 0 saturated carbocycles. The second-order valence-electron chi connectivity index (χ2n) is 6.70. The normalized spacial score (nSPS) is 10.2. The summed E-state index contributed by atoms with van der Waals surface area (Å²) in [6, 6.07) is 19.8. The van der Waals surface area contributed by atoms with Gasteiger partial charge in [-0.25, -0.2) is 0 Å². The van der Waals surface area contributed by atoms with Gasteiger partial charge in [-0.3, -0.25) is 20.4 Å². The summed E-state index contributed by atoms with van der Waals surface area (Å²) < 4.78 is 16.9. The zero-order chi connectivity index (χ0) is 22.9. The minimum Gasteiger partial charge on any atom is -0.493 e. The van der Waals surface area contributed by atoms with E-state index in [1.54, 1.807) is 30.3 Å². The second kappa shape index (κ2) is 11.2. The molecule has 0 saturated heterocycles. The van der Waals surface area contributed by atoms with Crippen LogP contribution in [-0.4, -0.2) is 32.6 Å². The molecule has 0 aromatic heterocycles. The number of methoxy groups -OCH3 is 2. The first-order valence-electron chi connectivity index (χ1n) is 9.81. The molecule has 0 unspecified atom stereocenters. The lowest BCUT2D eigenvalue weighted by molar-refractivity contribution is 0.0844. The van der Waals surface area contributed by atoms with Crippen LogP contribution in [0.25, 0.3) is 0 Å². The first kappa shape index (κ1) is 23.1. The summed E-state index contributed by atoms with van der Waals surface area (Å²) in [7, 11) is 2.99. The molecule has 0 heterocycles. The number of hydrazine groups is 1. The molecular formula is C24H23BrN2O5. The van der Waals surface area contributed by atoms with Gasteiger partial charge in [0.05, 0.1) is 26.4 Å². The molecule has 3 aromatic rings. The van der Waals surface area contributed by atoms with E-state index in [0.29, 0.717) is 45.9 Å². The molecular weight excluding hydrogens is 476 g/mol. The Bertz CT molecular complexity index is 1090. The van der Waals surface area contributed by atoms with Crippen LogP contribution >= 0.6 is 15.9 Å². The monoisotopic (exact) mass is 498 g/mol. The SMILES string of the molecule is COc1ccc(C(=O)NNC(=O)c2cc(Br)ccc2OCCc2ccccc2)cc1OC. The Morgan fingerprint density at radius 1 is 0.812 bits per heavy atom. The van der Waals surface area contributed by atoms with Crippen molar-refractivity contribution in [2.24, 2.45) is 0 Å². The molecule has 166 valence electrons. The highest BCUT2D eigenvalue weighted by Crippen LogP contribution is 2.27. The van der Waals surface area contributed by atoms with Crippen molar-refractivity contribution in [1.82, 2.24) is 10.9 Å². The van der Waals surface area contributed by atoms with Crippen molar-refractivity contribution < 1.29 is 23.8 Å². The number of ether oxygens (including phenoxy) is 3. The topological polar surface area (TPSA) is 85.9 Å². The largest absolute Gasteiger partial charge is 0.493 e. The molecule has 7 nitrogen and oxygen atoms in total. The predicted octanol–water partition coefficient (Wildman–Crippen LogP) is 4.16. The van der Waals surface area contributed by atoms with E-state index in [2.05, 4.69) is 26.8 Å². The Morgan fingerprint density at radius 3 is 2.22 bits per heavy atom. The Kier molecular flexibility index (Phi) is 8.10. The average Bonchev–Trinajstić information content (AvgIpc) is 2.83. The van der Waals surface area contributed by atoms with E-state index in [9.17, 15) is 9.59 Å². The van der Waals surface area contributed by atoms with Crippen molar-refractivity contribution in [1.29, 1.82) is 0 Å². The van der Waals surface area contributed by atoms with Gasteiger partial charge in [0.1, 0.15) is 5.75 Å². The minimum atomic E-state index is -0.505. The minimum absolute atomic E-state index is 0.292. The van der Waals surface area contributed by atoms with E-state index in [1.165, 1.54) is 20.3 Å². The number of rotatable bonds is 8. The third-order valence-corrected chi connectivity index (χ3v) is 5.11. The van der Waals surface area contributed by atoms with Crippen LogP contribution in [0.2, 0.25) is 0 Å². The van der Waals surface area contributed by atoms with Gasteiger partial charge in [-0.1, -0.05) is 46.3 Å². The lowest BCUT2D eigenvalue weighted by atomic mass is 10.1. The van der Waals surface area contributed by atoms with Crippen LogP contribution in [0.15, 0.2) is 71.2 Å². The first-order valence-corrected chi connectivity index (χ1v) is 10.6. The lowest BCUT2D eigenvalue weighted by Crippen LogP contribution is -2.41. The molecule has 0 spiro atoms. The van der Waals surface area contributed by atoms with E-state index in [1.807, 2.05) is 30.3 Å². The standard InChI is InChI=1S/C24H23BrN2O5/c1-30-21-10-8-17(14-22(21)31-2)23(28)26-27-24(29)19-15-18(25)9-11-20(19)32-13-12-16-6-4-3-5-7-16/h3-11,14-15H,12-13H2,1-2H3,(H,26,28)(H,27,29). The fourth-order valence-electron chi connectivity index (χ4n) is 2.96. The van der Waals surface area contributed by atoms with Crippen LogP contribution in [0.4, 0.5) is 0 Å². The van der Waals surface area contributed by atoms with Crippen molar-refractivity contribution in [3.63, 3.8) is 0 Å². The van der Waals surface area contributed by atoms with Crippen LogP contribution in [0, 0.1) is 0 Å². The number of halogens is 1. The molecule has 0 aliphatic rings. The number of benzene rings is 3. The van der Waals surface area contributed by atoms with Gasteiger partial charge in [0.25, 0.3) is 11.8 Å². The summed E-state index contributed by atoms with van der Waals surface area (Å²) in [6.07, 6.45) is 0.702. The third kappa shape index (κ3) is 6.01. The maximum Gasteiger partial charge on any atom is 0.273 e. The summed E-state index contributed by atoms with van der Waals surface area (Å²) >= 11 is 3.37. The molecule has 3 aromatic carbocycles. The summed E-state index contributed by atoms with van der Waals surface area (Å²) in [4.78, 5) is 25.2. The zero-order valence-electron chi connectivity index (χ0n) is 17.7. The maximum absolute atomic E-state index is 12.7. The fraction of sp³-hybridized carbons (Fsp3) is 0.167. The van der Waals surface area contributed by atoms with Gasteiger partial charge in [-0.05, 0) is 42.0 Å². The van der Waals surface area contributed by atoms with Crippen LogP contribution < -0.4 is 25.1 Å². The van der Waals surface area contributed by atoms with Gasteiger partial charge in [0.15, 0.2) is 11.5 Å². The third-order valence-electron chi connectivity index (χ3n) is 4.61. The van der Waals surface area contributed by atoms with E-state index in [4.69, 9.17) is 14.2 Å². The molecule has 3 rings (SSSR count). The highest BCUT2D eigenvalue weighted by molar-refractivity contribution is 9.10. The number of hydrogen-bond donors (Lipinski definition) is 2. The van der Waals surface area contributed by atoms with Gasteiger partial charge in [-0.2, -0.15) is 0 Å². The average molecular weight is 499 g/mol. The summed E-state index contributed by atoms with van der Waals surface area (Å²) in [5, 5.41) is 0. The van der Waals surface area contributed by atoms with Crippen LogP contribution in [0.5, 0.6) is 17.2 Å². The molecule has 2 N–H and O–H groups in total. The molecule has 0 fully saturated rings. The van der Waals surface area contributed by atoms with E-state index < -0.39 is 11.8 Å². The fourth-order valence-corrected chi connectivity index (χ4v) is 3.32. The maximum atomic E-state index is 12.7. The van der Waals surface area contributed by atoms with Crippen LogP contribution in [-0.2, 0) is 6.42 Å². The molecule has 0 aliphatic carbocycles. The predicted molar refractivity (Wildman–Crippen MR) is 124 cm³/mol. The molecule has 8 heteroatoms. The van der Waals surface area contributed by atoms with Gasteiger partial charge < -0.3 is 14.2 Å². The number of carbonyl (C=O) groups is 2. The van der Waals surface area contributed by atoms with E-state index in [-0.39, 0.29) is 0 Å². The number of amides is 2. The van der Waals surface area contributed by atoms with Gasteiger partial charge in [0.2, 0.25) is 0 Å². The highest BCUT2D eigenvalue weighted by atomic mass is 79.9. The number of carbonyl (C=O) groups excluding carboxylic acids is 2. The lowest BCUT2D eigenvalue weighted by Gasteiger charge is -2.13. The Morgan fingerprint density at radius 2 is 1.50 bits per heavy atom. The molecule has 0 atom stereocenters. The Hall–Kier alpha value is -3.52. The summed E-state index contributed by atoms with van der Waals surface area (Å²) in [6.45, 7) is 0.407. The van der Waals surface area contributed by atoms with Crippen molar-refractivity contribution >= 4 is 27.7 Å². The highest BCUT2D eigenvalue weighted by Gasteiger charge is 2.16. The van der Waals surface area contributed by atoms with E-state index in [0.717, 1.165) is 5.56 Å². The van der Waals surface area contributed by atoms with Crippen LogP contribution in [0.3, 0.4) is 0 Å². The van der Waals surface area contributed by atoms with Crippen molar-refractivity contribution in [2.75, 3.05) is 20.8 Å². The second-order valence-corrected chi connectivity index (χ2v) is 7.62. The quantitative estimate of drug-likeness (QED) is 0.455. The van der Waals surface area contributed by atoms with Crippen molar-refractivity contribution in [3.8, 4) is 17.2 Å². The molecule has 0 bridgehead atoms. The molecule has 2 amide bonds. The molecule has 0 aliphatic heterocycles. The van der Waals surface area contributed by atoms with Crippen molar-refractivity contribution in [2.45, 2.75) is 6.42 Å². The Balaban J connectivity index is 1.64. The zero-order valence-corrected chi connectivity index (χ0v) is 19.3. The first-order chi connectivity index (χ1) is 15.5. The van der Waals surface area contributed by atoms with Gasteiger partial charge in [0, 0.05) is 16.5 Å². The van der Waals surface area contributed by atoms with E-state index >= 15 is 0 Å². The molecule has 0 radical (unpaired) electrons. The van der Waals surface area contributed by atoms with Gasteiger partial charge >= 0.3 is 0 Å². The van der Waals surface area contributed by atoms with Crippen LogP contribution in [0.1, 0.15) is 26.3 Å². The molecule has 32 heavy (non-hydrogen) atoms.